The van der Waals surface area contributed by atoms with Gasteiger partial charge in [-0.25, -0.2) is 9.78 Å². The molecular formula is C13H17BrN2O2. The first-order chi connectivity index (χ1) is 8.70. The molecule has 1 aromatic rings. The summed E-state index contributed by atoms with van der Waals surface area (Å²) in [6, 6.07) is 4.19. The third-order valence-corrected chi connectivity index (χ3v) is 3.66. The number of pyridine rings is 1. The first-order valence-electron chi connectivity index (χ1n) is 6.31. The van der Waals surface area contributed by atoms with E-state index in [1.807, 2.05) is 12.1 Å². The smallest absolute Gasteiger partial charge is 0.358 e. The number of esters is 1. The maximum Gasteiger partial charge on any atom is 0.358 e. The minimum Gasteiger partial charge on any atom is -0.461 e. The fourth-order valence-electron chi connectivity index (χ4n) is 2.14. The number of aromatic nitrogens is 1. The Morgan fingerprint density at radius 3 is 2.89 bits per heavy atom. The molecule has 1 N–H and O–H groups in total. The lowest BCUT2D eigenvalue weighted by Gasteiger charge is -2.13. The summed E-state index contributed by atoms with van der Waals surface area (Å²) >= 11 is 3.32. The minimum absolute atomic E-state index is 0.333. The molecule has 1 aliphatic rings. The zero-order valence-corrected chi connectivity index (χ0v) is 12.0. The highest BCUT2D eigenvalue weighted by molar-refractivity contribution is 9.10. The second-order valence-electron chi connectivity index (χ2n) is 4.37. The molecule has 0 atom stereocenters. The molecule has 0 unspecified atom stereocenters. The van der Waals surface area contributed by atoms with E-state index in [1.165, 1.54) is 25.7 Å². The van der Waals surface area contributed by atoms with E-state index >= 15 is 0 Å². The predicted octanol–water partition coefficient (Wildman–Crippen LogP) is 3.38. The number of carbonyl (C=O) groups is 1. The molecule has 0 bridgehead atoms. The SMILES string of the molecule is CCOC(=O)c1nc(NC2CCCC2)ccc1Br. The maximum absolute atomic E-state index is 11.7. The van der Waals surface area contributed by atoms with Gasteiger partial charge in [0, 0.05) is 6.04 Å². The van der Waals surface area contributed by atoms with Gasteiger partial charge in [0.05, 0.1) is 11.1 Å². The van der Waals surface area contributed by atoms with Crippen molar-refractivity contribution < 1.29 is 9.53 Å². The van der Waals surface area contributed by atoms with Crippen LogP contribution in [0.25, 0.3) is 0 Å². The largest absolute Gasteiger partial charge is 0.461 e. The average molecular weight is 313 g/mol. The summed E-state index contributed by atoms with van der Waals surface area (Å²) in [5, 5.41) is 3.37. The second-order valence-corrected chi connectivity index (χ2v) is 5.23. The molecule has 0 amide bonds. The fraction of sp³-hybridized carbons (Fsp3) is 0.538. The van der Waals surface area contributed by atoms with Gasteiger partial charge in [0.25, 0.3) is 0 Å². The van der Waals surface area contributed by atoms with Crippen molar-refractivity contribution in [3.8, 4) is 0 Å². The number of anilines is 1. The monoisotopic (exact) mass is 312 g/mol. The van der Waals surface area contributed by atoms with Crippen LogP contribution >= 0.6 is 15.9 Å². The number of hydrogen-bond acceptors (Lipinski definition) is 4. The maximum atomic E-state index is 11.7. The Morgan fingerprint density at radius 2 is 2.22 bits per heavy atom. The highest BCUT2D eigenvalue weighted by Gasteiger charge is 2.17. The molecule has 2 rings (SSSR count). The number of nitrogens with one attached hydrogen (secondary N) is 1. The number of carbonyl (C=O) groups excluding carboxylic acids is 1. The van der Waals surface area contributed by atoms with Gasteiger partial charge in [0.2, 0.25) is 0 Å². The first-order valence-corrected chi connectivity index (χ1v) is 7.10. The molecule has 1 saturated carbocycles. The second kappa shape index (κ2) is 6.18. The fourth-order valence-corrected chi connectivity index (χ4v) is 2.53. The molecule has 1 aliphatic carbocycles. The Bertz CT molecular complexity index is 431. The van der Waals surface area contributed by atoms with Crippen molar-refractivity contribution in [1.82, 2.24) is 4.98 Å². The Hall–Kier alpha value is -1.10. The highest BCUT2D eigenvalue weighted by Crippen LogP contribution is 2.23. The van der Waals surface area contributed by atoms with Crippen LogP contribution in [0.4, 0.5) is 5.82 Å². The predicted molar refractivity (Wildman–Crippen MR) is 73.8 cm³/mol. The van der Waals surface area contributed by atoms with Crippen LogP contribution in [0.2, 0.25) is 0 Å². The van der Waals surface area contributed by atoms with Gasteiger partial charge in [-0.2, -0.15) is 0 Å². The van der Waals surface area contributed by atoms with Crippen LogP contribution in [0.3, 0.4) is 0 Å². The summed E-state index contributed by atoms with van der Waals surface area (Å²) < 4.78 is 5.64. The molecule has 1 heterocycles. The molecule has 0 saturated heterocycles. The van der Waals surface area contributed by atoms with E-state index in [9.17, 15) is 4.79 Å². The van der Waals surface area contributed by atoms with E-state index in [0.29, 0.717) is 22.8 Å². The number of halogens is 1. The number of nitrogens with zero attached hydrogens (tertiary/aromatic N) is 1. The van der Waals surface area contributed by atoms with E-state index in [2.05, 4.69) is 26.2 Å². The van der Waals surface area contributed by atoms with Crippen molar-refractivity contribution in [3.05, 3.63) is 22.3 Å². The average Bonchev–Trinajstić information content (AvgIpc) is 2.84. The highest BCUT2D eigenvalue weighted by atomic mass is 79.9. The van der Waals surface area contributed by atoms with E-state index in [0.717, 1.165) is 5.82 Å². The third-order valence-electron chi connectivity index (χ3n) is 3.02. The molecule has 5 heteroatoms. The lowest BCUT2D eigenvalue weighted by atomic mass is 10.2. The normalized spacial score (nSPS) is 15.7. The Balaban J connectivity index is 2.12. The van der Waals surface area contributed by atoms with E-state index in [1.54, 1.807) is 6.92 Å². The number of hydrogen-bond donors (Lipinski definition) is 1. The topological polar surface area (TPSA) is 51.2 Å². The quantitative estimate of drug-likeness (QED) is 0.866. The van der Waals surface area contributed by atoms with Gasteiger partial charge in [-0.3, -0.25) is 0 Å². The van der Waals surface area contributed by atoms with Gasteiger partial charge in [-0.15, -0.1) is 0 Å². The molecule has 0 radical (unpaired) electrons. The molecule has 0 aliphatic heterocycles. The number of rotatable bonds is 4. The summed E-state index contributed by atoms with van der Waals surface area (Å²) in [6.45, 7) is 2.14. The molecule has 0 aromatic carbocycles. The van der Waals surface area contributed by atoms with Gasteiger partial charge >= 0.3 is 5.97 Å². The molecule has 98 valence electrons. The summed E-state index contributed by atoms with van der Waals surface area (Å²) in [5.74, 6) is 0.354. The molecule has 1 aromatic heterocycles. The Kier molecular flexibility index (Phi) is 4.58. The summed E-state index contributed by atoms with van der Waals surface area (Å²) in [5.41, 5.74) is 0.333. The molecule has 1 fully saturated rings. The molecule has 4 nitrogen and oxygen atoms in total. The van der Waals surface area contributed by atoms with Crippen molar-refractivity contribution in [3.63, 3.8) is 0 Å². The summed E-state index contributed by atoms with van der Waals surface area (Å²) in [7, 11) is 0. The molecular weight excluding hydrogens is 296 g/mol. The Morgan fingerprint density at radius 1 is 1.50 bits per heavy atom. The minimum atomic E-state index is -0.389. The first kappa shape index (κ1) is 13.3. The third kappa shape index (κ3) is 3.22. The van der Waals surface area contributed by atoms with Crippen molar-refractivity contribution in [2.45, 2.75) is 38.6 Å². The van der Waals surface area contributed by atoms with Gasteiger partial charge in [-0.05, 0) is 47.8 Å². The van der Waals surface area contributed by atoms with Crippen molar-refractivity contribution in [2.24, 2.45) is 0 Å². The zero-order chi connectivity index (χ0) is 13.0. The molecule has 18 heavy (non-hydrogen) atoms. The van der Waals surface area contributed by atoms with Gasteiger partial charge in [-0.1, -0.05) is 12.8 Å². The van der Waals surface area contributed by atoms with Crippen LogP contribution in [-0.4, -0.2) is 23.6 Å². The van der Waals surface area contributed by atoms with Crippen LogP contribution < -0.4 is 5.32 Å². The van der Waals surface area contributed by atoms with Crippen molar-refractivity contribution >= 4 is 27.7 Å². The number of ether oxygens (including phenoxy) is 1. The standard InChI is InChI=1S/C13H17BrN2O2/c1-2-18-13(17)12-10(14)7-8-11(16-12)15-9-5-3-4-6-9/h7-9H,2-6H2,1H3,(H,15,16). The lowest BCUT2D eigenvalue weighted by Crippen LogP contribution is -2.17. The zero-order valence-electron chi connectivity index (χ0n) is 10.4. The van der Waals surface area contributed by atoms with Gasteiger partial charge in [0.1, 0.15) is 5.82 Å². The van der Waals surface area contributed by atoms with E-state index < -0.39 is 0 Å². The van der Waals surface area contributed by atoms with E-state index in [4.69, 9.17) is 4.74 Å². The van der Waals surface area contributed by atoms with Crippen LogP contribution in [0, 0.1) is 0 Å². The van der Waals surface area contributed by atoms with Crippen LogP contribution in [0.5, 0.6) is 0 Å². The van der Waals surface area contributed by atoms with Gasteiger partial charge in [0.15, 0.2) is 5.69 Å². The van der Waals surface area contributed by atoms with Gasteiger partial charge < -0.3 is 10.1 Å². The summed E-state index contributed by atoms with van der Waals surface area (Å²) in [4.78, 5) is 16.0. The lowest BCUT2D eigenvalue weighted by molar-refractivity contribution is 0.0518. The van der Waals surface area contributed by atoms with Crippen molar-refractivity contribution in [2.75, 3.05) is 11.9 Å². The molecule has 0 spiro atoms. The Labute approximate surface area is 115 Å². The van der Waals surface area contributed by atoms with Crippen LogP contribution in [0.15, 0.2) is 16.6 Å². The van der Waals surface area contributed by atoms with E-state index in [-0.39, 0.29) is 5.97 Å². The van der Waals surface area contributed by atoms with Crippen molar-refractivity contribution in [1.29, 1.82) is 0 Å². The van der Waals surface area contributed by atoms with Crippen LogP contribution in [-0.2, 0) is 4.74 Å². The summed E-state index contributed by atoms with van der Waals surface area (Å²) in [6.07, 6.45) is 4.87. The van der Waals surface area contributed by atoms with Crippen LogP contribution in [0.1, 0.15) is 43.1 Å².